The Labute approximate surface area is 79.9 Å². The van der Waals surface area contributed by atoms with Crippen LogP contribution in [-0.2, 0) is 10.4 Å². The van der Waals surface area contributed by atoms with E-state index in [1.807, 2.05) is 0 Å². The monoisotopic (exact) mass is 198 g/mol. The number of phenolic OH excluding ortho intramolecular Hbond substituents is 2. The van der Waals surface area contributed by atoms with Crippen molar-refractivity contribution >= 4 is 5.97 Å². The number of hydrogen-bond acceptors (Lipinski definition) is 4. The molecule has 1 aromatic rings. The van der Waals surface area contributed by atoms with Crippen molar-refractivity contribution in [2.75, 3.05) is 0 Å². The average Bonchev–Trinajstić information content (AvgIpc) is 2.01. The molecule has 0 saturated carbocycles. The molecular formula is C9H10O5. The molecule has 76 valence electrons. The molecule has 5 nitrogen and oxygen atoms in total. The van der Waals surface area contributed by atoms with E-state index >= 15 is 0 Å². The Bertz CT molecular complexity index is 349. The largest absolute Gasteiger partial charge is 0.508 e. The smallest absolute Gasteiger partial charge is 0.340 e. The number of aliphatic carboxylic acids is 1. The molecule has 0 fully saturated rings. The lowest BCUT2D eigenvalue weighted by Crippen LogP contribution is -2.31. The third kappa shape index (κ3) is 1.77. The molecule has 4 N–H and O–H groups in total. The van der Waals surface area contributed by atoms with E-state index in [0.717, 1.165) is 25.1 Å². The lowest BCUT2D eigenvalue weighted by molar-refractivity contribution is -0.157. The topological polar surface area (TPSA) is 98.0 Å². The molecule has 0 aromatic heterocycles. The first-order valence-electron chi connectivity index (χ1n) is 3.83. The van der Waals surface area contributed by atoms with Crippen LogP contribution in [-0.4, -0.2) is 26.4 Å². The van der Waals surface area contributed by atoms with Crippen LogP contribution in [0.1, 0.15) is 12.5 Å². The predicted octanol–water partition coefficient (Wildman–Crippen LogP) is 0.390. The van der Waals surface area contributed by atoms with E-state index < -0.39 is 11.6 Å². The van der Waals surface area contributed by atoms with Gasteiger partial charge in [0, 0.05) is 11.6 Å². The van der Waals surface area contributed by atoms with Crippen LogP contribution < -0.4 is 0 Å². The summed E-state index contributed by atoms with van der Waals surface area (Å²) in [6, 6.07) is 3.20. The second-order valence-corrected chi connectivity index (χ2v) is 3.12. The molecule has 0 bridgehead atoms. The Morgan fingerprint density at radius 3 is 2.00 bits per heavy atom. The first-order chi connectivity index (χ1) is 6.34. The summed E-state index contributed by atoms with van der Waals surface area (Å²) in [4.78, 5) is 10.6. The highest BCUT2D eigenvalue weighted by molar-refractivity contribution is 5.78. The fourth-order valence-corrected chi connectivity index (χ4v) is 1.000. The van der Waals surface area contributed by atoms with E-state index in [0.29, 0.717) is 0 Å². The highest BCUT2D eigenvalue weighted by Gasteiger charge is 2.32. The number of rotatable bonds is 2. The molecule has 1 aromatic carbocycles. The highest BCUT2D eigenvalue weighted by Crippen LogP contribution is 2.28. The molecule has 0 spiro atoms. The van der Waals surface area contributed by atoms with Crippen molar-refractivity contribution in [3.63, 3.8) is 0 Å². The number of benzene rings is 1. The van der Waals surface area contributed by atoms with Crippen LogP contribution in [0.15, 0.2) is 18.2 Å². The van der Waals surface area contributed by atoms with Crippen LogP contribution in [0.25, 0.3) is 0 Å². The van der Waals surface area contributed by atoms with Crippen LogP contribution in [0.4, 0.5) is 0 Å². The van der Waals surface area contributed by atoms with Crippen LogP contribution >= 0.6 is 0 Å². The van der Waals surface area contributed by atoms with Crippen LogP contribution in [0, 0.1) is 0 Å². The van der Waals surface area contributed by atoms with Crippen molar-refractivity contribution < 1.29 is 25.2 Å². The van der Waals surface area contributed by atoms with E-state index in [4.69, 9.17) is 15.3 Å². The second-order valence-electron chi connectivity index (χ2n) is 3.12. The molecular weight excluding hydrogens is 188 g/mol. The summed E-state index contributed by atoms with van der Waals surface area (Å²) in [6.45, 7) is 1.06. The SMILES string of the molecule is CC(O)(C(=O)O)c1cc(O)cc(O)c1. The fourth-order valence-electron chi connectivity index (χ4n) is 1.000. The van der Waals surface area contributed by atoms with Gasteiger partial charge in [-0.25, -0.2) is 4.79 Å². The molecule has 0 aliphatic carbocycles. The van der Waals surface area contributed by atoms with Gasteiger partial charge in [-0.05, 0) is 19.1 Å². The number of carboxylic acids is 1. The first-order valence-corrected chi connectivity index (χ1v) is 3.83. The maximum atomic E-state index is 10.6. The lowest BCUT2D eigenvalue weighted by Gasteiger charge is -2.18. The van der Waals surface area contributed by atoms with Gasteiger partial charge < -0.3 is 20.4 Å². The van der Waals surface area contributed by atoms with Gasteiger partial charge in [0.2, 0.25) is 0 Å². The summed E-state index contributed by atoms with van der Waals surface area (Å²) < 4.78 is 0. The van der Waals surface area contributed by atoms with Crippen molar-refractivity contribution in [3.05, 3.63) is 23.8 Å². The van der Waals surface area contributed by atoms with Gasteiger partial charge in [0.05, 0.1) is 0 Å². The van der Waals surface area contributed by atoms with Crippen molar-refractivity contribution in [1.82, 2.24) is 0 Å². The number of carbonyl (C=O) groups is 1. The van der Waals surface area contributed by atoms with Gasteiger partial charge in [-0.3, -0.25) is 0 Å². The normalized spacial score (nSPS) is 14.7. The summed E-state index contributed by atoms with van der Waals surface area (Å²) in [7, 11) is 0. The Hall–Kier alpha value is -1.75. The molecule has 0 amide bonds. The van der Waals surface area contributed by atoms with E-state index in [1.54, 1.807) is 0 Å². The Morgan fingerprint density at radius 1 is 1.21 bits per heavy atom. The zero-order valence-electron chi connectivity index (χ0n) is 7.43. The summed E-state index contributed by atoms with van der Waals surface area (Å²) in [5, 5.41) is 36.3. The third-order valence-electron chi connectivity index (χ3n) is 1.88. The molecule has 1 atom stereocenters. The maximum Gasteiger partial charge on any atom is 0.340 e. The van der Waals surface area contributed by atoms with Crippen LogP contribution in [0.5, 0.6) is 11.5 Å². The molecule has 1 rings (SSSR count). The van der Waals surface area contributed by atoms with Crippen molar-refractivity contribution in [2.24, 2.45) is 0 Å². The summed E-state index contributed by atoms with van der Waals surface area (Å²) in [6.07, 6.45) is 0. The Kier molecular flexibility index (Phi) is 2.35. The summed E-state index contributed by atoms with van der Waals surface area (Å²) in [5.41, 5.74) is -2.21. The molecule has 0 saturated heterocycles. The average molecular weight is 198 g/mol. The van der Waals surface area contributed by atoms with Crippen LogP contribution in [0.2, 0.25) is 0 Å². The van der Waals surface area contributed by atoms with Gasteiger partial charge in [0.15, 0.2) is 5.60 Å². The first kappa shape index (κ1) is 10.3. The number of phenols is 2. The molecule has 0 aliphatic rings. The maximum absolute atomic E-state index is 10.6. The molecule has 0 heterocycles. The number of hydrogen-bond donors (Lipinski definition) is 4. The number of carboxylic acid groups (broad SMARTS) is 1. The molecule has 5 heteroatoms. The van der Waals surface area contributed by atoms with E-state index in [9.17, 15) is 9.90 Å². The molecule has 0 aliphatic heterocycles. The molecule has 0 radical (unpaired) electrons. The van der Waals surface area contributed by atoms with Crippen molar-refractivity contribution in [2.45, 2.75) is 12.5 Å². The fraction of sp³-hybridized carbons (Fsp3) is 0.222. The zero-order chi connectivity index (χ0) is 10.9. The minimum Gasteiger partial charge on any atom is -0.508 e. The van der Waals surface area contributed by atoms with Gasteiger partial charge in [-0.1, -0.05) is 0 Å². The number of aliphatic hydroxyl groups is 1. The van der Waals surface area contributed by atoms with Crippen molar-refractivity contribution in [3.8, 4) is 11.5 Å². The molecule has 14 heavy (non-hydrogen) atoms. The van der Waals surface area contributed by atoms with Crippen molar-refractivity contribution in [1.29, 1.82) is 0 Å². The summed E-state index contributed by atoms with van der Waals surface area (Å²) >= 11 is 0. The molecule has 1 unspecified atom stereocenters. The van der Waals surface area contributed by atoms with E-state index in [2.05, 4.69) is 0 Å². The standard InChI is InChI=1S/C9H10O5/c1-9(14,8(12)13)5-2-6(10)4-7(11)3-5/h2-4,10-11,14H,1H3,(H,12,13). The third-order valence-corrected chi connectivity index (χ3v) is 1.88. The zero-order valence-corrected chi connectivity index (χ0v) is 7.43. The Balaban J connectivity index is 3.25. The van der Waals surface area contributed by atoms with E-state index in [-0.39, 0.29) is 17.1 Å². The highest BCUT2D eigenvalue weighted by atomic mass is 16.4. The minimum atomic E-state index is -2.13. The van der Waals surface area contributed by atoms with E-state index in [1.165, 1.54) is 0 Å². The summed E-state index contributed by atoms with van der Waals surface area (Å²) in [5.74, 6) is -2.06. The lowest BCUT2D eigenvalue weighted by atomic mass is 9.96. The number of aromatic hydroxyl groups is 2. The van der Waals surface area contributed by atoms with Gasteiger partial charge in [-0.15, -0.1) is 0 Å². The van der Waals surface area contributed by atoms with Crippen LogP contribution in [0.3, 0.4) is 0 Å². The second kappa shape index (κ2) is 3.19. The van der Waals surface area contributed by atoms with Gasteiger partial charge in [0.25, 0.3) is 0 Å². The van der Waals surface area contributed by atoms with Gasteiger partial charge >= 0.3 is 5.97 Å². The van der Waals surface area contributed by atoms with Gasteiger partial charge in [0.1, 0.15) is 11.5 Å². The quantitative estimate of drug-likeness (QED) is 0.551. The predicted molar refractivity (Wildman–Crippen MR) is 47.0 cm³/mol. The minimum absolute atomic E-state index is 0.0810. The van der Waals surface area contributed by atoms with Gasteiger partial charge in [-0.2, -0.15) is 0 Å². The Morgan fingerprint density at radius 2 is 1.64 bits per heavy atom.